The third-order valence-corrected chi connectivity index (χ3v) is 6.04. The number of nitrogens with zero attached hydrogens (tertiary/aromatic N) is 3. The Kier molecular flexibility index (Phi) is 7.05. The van der Waals surface area contributed by atoms with Gasteiger partial charge in [0.15, 0.2) is 0 Å². The number of carbonyl (C=O) groups excluding carboxylic acids is 2. The number of rotatable bonds is 8. The van der Waals surface area contributed by atoms with E-state index in [0.29, 0.717) is 24.3 Å². The lowest BCUT2D eigenvalue weighted by molar-refractivity contribution is -0.136. The number of imide groups is 1. The normalized spacial score (nSPS) is 17.3. The molecule has 2 aliphatic heterocycles. The number of amides is 2. The van der Waals surface area contributed by atoms with Gasteiger partial charge >= 0.3 is 0 Å². The molecule has 0 spiro atoms. The maximum Gasteiger partial charge on any atom is 0.278 e. The molecule has 0 saturated carbocycles. The molecule has 1 fully saturated rings. The van der Waals surface area contributed by atoms with E-state index in [9.17, 15) is 14.0 Å². The summed E-state index contributed by atoms with van der Waals surface area (Å²) in [4.78, 5) is 32.2. The zero-order valence-corrected chi connectivity index (χ0v) is 19.0. The van der Waals surface area contributed by atoms with E-state index in [1.165, 1.54) is 29.2 Å². The van der Waals surface area contributed by atoms with Crippen LogP contribution >= 0.6 is 0 Å². The number of ether oxygens (including phenoxy) is 1. The number of anilines is 2. The quantitative estimate of drug-likeness (QED) is 0.491. The lowest BCUT2D eigenvalue weighted by Crippen LogP contribution is -2.44. The largest absolute Gasteiger partial charge is 0.385 e. The number of likely N-dealkylation sites (N-methyl/N-ethyl adjacent to an activating group) is 1. The molecule has 4 rings (SSSR count). The molecule has 0 atom stereocenters. The Labute approximate surface area is 193 Å². The predicted octanol–water partition coefficient (Wildman–Crippen LogP) is 2.81. The highest BCUT2D eigenvalue weighted by Gasteiger charge is 2.38. The average molecular weight is 453 g/mol. The molecule has 2 aliphatic rings. The van der Waals surface area contributed by atoms with E-state index in [2.05, 4.69) is 22.2 Å². The van der Waals surface area contributed by atoms with Gasteiger partial charge in [0.2, 0.25) is 0 Å². The molecule has 174 valence electrons. The van der Waals surface area contributed by atoms with Gasteiger partial charge in [0, 0.05) is 57.8 Å². The summed E-state index contributed by atoms with van der Waals surface area (Å²) in [6.45, 7) is 4.66. The van der Waals surface area contributed by atoms with E-state index in [4.69, 9.17) is 4.74 Å². The second kappa shape index (κ2) is 10.1. The highest BCUT2D eigenvalue weighted by molar-refractivity contribution is 6.36. The monoisotopic (exact) mass is 452 g/mol. The SMILES string of the molecule is COCCCN1C(=O)C(Nc2ccc(N3CCN(C)CC3)cc2)=C(c2ccc(F)cc2)C1=O. The molecule has 0 bridgehead atoms. The van der Waals surface area contributed by atoms with Crippen LogP contribution in [0, 0.1) is 5.82 Å². The van der Waals surface area contributed by atoms with Gasteiger partial charge in [-0.1, -0.05) is 12.1 Å². The minimum Gasteiger partial charge on any atom is -0.385 e. The third-order valence-electron chi connectivity index (χ3n) is 6.04. The van der Waals surface area contributed by atoms with Gasteiger partial charge in [0.1, 0.15) is 11.5 Å². The molecule has 1 N–H and O–H groups in total. The van der Waals surface area contributed by atoms with Crippen molar-refractivity contribution in [1.29, 1.82) is 0 Å². The van der Waals surface area contributed by atoms with Crippen molar-refractivity contribution in [3.63, 3.8) is 0 Å². The Morgan fingerprint density at radius 2 is 1.61 bits per heavy atom. The Morgan fingerprint density at radius 3 is 2.24 bits per heavy atom. The lowest BCUT2D eigenvalue weighted by Gasteiger charge is -2.34. The molecule has 0 aromatic heterocycles. The van der Waals surface area contributed by atoms with Gasteiger partial charge in [0.05, 0.1) is 5.57 Å². The van der Waals surface area contributed by atoms with Crippen LogP contribution in [0.1, 0.15) is 12.0 Å². The molecule has 2 heterocycles. The Hall–Kier alpha value is -3.23. The minimum atomic E-state index is -0.401. The van der Waals surface area contributed by atoms with Gasteiger partial charge in [-0.05, 0) is 55.4 Å². The van der Waals surface area contributed by atoms with Crippen LogP contribution in [-0.4, -0.2) is 75.1 Å². The van der Waals surface area contributed by atoms with Crippen LogP contribution < -0.4 is 10.2 Å². The first kappa shape index (κ1) is 22.9. The smallest absolute Gasteiger partial charge is 0.278 e. The number of benzene rings is 2. The van der Waals surface area contributed by atoms with Gasteiger partial charge in [-0.2, -0.15) is 0 Å². The topological polar surface area (TPSA) is 65.1 Å². The molecule has 0 aliphatic carbocycles. The fourth-order valence-corrected chi connectivity index (χ4v) is 4.11. The molecule has 8 heteroatoms. The summed E-state index contributed by atoms with van der Waals surface area (Å²) in [5.74, 6) is -1.18. The standard InChI is InChI=1S/C25H29FN4O3/c1-28-13-15-29(16-14-28)21-10-8-20(9-11-21)27-23-22(18-4-6-19(26)7-5-18)24(31)30(25(23)32)12-3-17-33-2/h4-11,27H,3,12-17H2,1-2H3. The highest BCUT2D eigenvalue weighted by Crippen LogP contribution is 2.31. The maximum atomic E-state index is 13.5. The number of halogens is 1. The van der Waals surface area contributed by atoms with E-state index in [1.807, 2.05) is 24.3 Å². The zero-order valence-electron chi connectivity index (χ0n) is 19.0. The van der Waals surface area contributed by atoms with E-state index in [-0.39, 0.29) is 23.7 Å². The second-order valence-corrected chi connectivity index (χ2v) is 8.33. The van der Waals surface area contributed by atoms with Crippen LogP contribution in [0.2, 0.25) is 0 Å². The molecule has 1 saturated heterocycles. The molecule has 0 unspecified atom stereocenters. The molecule has 7 nitrogen and oxygen atoms in total. The van der Waals surface area contributed by atoms with E-state index >= 15 is 0 Å². The first-order valence-corrected chi connectivity index (χ1v) is 11.1. The third kappa shape index (κ3) is 5.07. The number of methoxy groups -OCH3 is 1. The van der Waals surface area contributed by atoms with Crippen LogP contribution in [0.4, 0.5) is 15.8 Å². The Bertz CT molecular complexity index is 1030. The number of nitrogens with one attached hydrogen (secondary N) is 1. The van der Waals surface area contributed by atoms with Crippen molar-refractivity contribution < 1.29 is 18.7 Å². The van der Waals surface area contributed by atoms with Crippen molar-refractivity contribution in [1.82, 2.24) is 9.80 Å². The number of carbonyl (C=O) groups is 2. The van der Waals surface area contributed by atoms with Crippen molar-refractivity contribution >= 4 is 28.8 Å². The fraction of sp³-hybridized carbons (Fsp3) is 0.360. The Balaban J connectivity index is 1.58. The maximum absolute atomic E-state index is 13.5. The van der Waals surface area contributed by atoms with Crippen molar-refractivity contribution in [2.24, 2.45) is 0 Å². The second-order valence-electron chi connectivity index (χ2n) is 8.33. The molecule has 2 amide bonds. The average Bonchev–Trinajstić information content (AvgIpc) is 3.05. The van der Waals surface area contributed by atoms with Crippen LogP contribution in [0.5, 0.6) is 0 Å². The van der Waals surface area contributed by atoms with E-state index in [1.54, 1.807) is 7.11 Å². The van der Waals surface area contributed by atoms with Gasteiger partial charge in [-0.15, -0.1) is 0 Å². The minimum absolute atomic E-state index is 0.205. The highest BCUT2D eigenvalue weighted by atomic mass is 19.1. The first-order valence-electron chi connectivity index (χ1n) is 11.1. The zero-order chi connectivity index (χ0) is 23.4. The number of hydrogen-bond donors (Lipinski definition) is 1. The number of hydrogen-bond acceptors (Lipinski definition) is 6. The van der Waals surface area contributed by atoms with Crippen molar-refractivity contribution in [3.8, 4) is 0 Å². The van der Waals surface area contributed by atoms with E-state index < -0.39 is 11.7 Å². The lowest BCUT2D eigenvalue weighted by atomic mass is 10.0. The van der Waals surface area contributed by atoms with Crippen LogP contribution in [0.3, 0.4) is 0 Å². The first-order chi connectivity index (χ1) is 16.0. The van der Waals surface area contributed by atoms with Gasteiger partial charge in [0.25, 0.3) is 11.8 Å². The van der Waals surface area contributed by atoms with Gasteiger partial charge in [-0.3, -0.25) is 14.5 Å². The predicted molar refractivity (Wildman–Crippen MR) is 126 cm³/mol. The summed E-state index contributed by atoms with van der Waals surface area (Å²) in [7, 11) is 3.70. The molecule has 33 heavy (non-hydrogen) atoms. The summed E-state index contributed by atoms with van der Waals surface area (Å²) in [5.41, 5.74) is 2.79. The molecular weight excluding hydrogens is 423 g/mol. The van der Waals surface area contributed by atoms with Crippen LogP contribution in [0.15, 0.2) is 54.2 Å². The molecule has 2 aromatic rings. The molecule has 0 radical (unpaired) electrons. The van der Waals surface area contributed by atoms with Gasteiger partial charge in [-0.25, -0.2) is 4.39 Å². The summed E-state index contributed by atoms with van der Waals surface area (Å²) < 4.78 is 18.5. The summed E-state index contributed by atoms with van der Waals surface area (Å²) in [6, 6.07) is 13.5. The van der Waals surface area contributed by atoms with Crippen molar-refractivity contribution in [2.75, 3.05) is 63.7 Å². The fourth-order valence-electron chi connectivity index (χ4n) is 4.11. The van der Waals surface area contributed by atoms with E-state index in [0.717, 1.165) is 31.9 Å². The molecular formula is C25H29FN4O3. The summed E-state index contributed by atoms with van der Waals surface area (Å²) in [6.07, 6.45) is 0.539. The van der Waals surface area contributed by atoms with Crippen molar-refractivity contribution in [3.05, 3.63) is 65.6 Å². The van der Waals surface area contributed by atoms with Crippen LogP contribution in [-0.2, 0) is 14.3 Å². The Morgan fingerprint density at radius 1 is 0.939 bits per heavy atom. The van der Waals surface area contributed by atoms with Gasteiger partial charge < -0.3 is 19.9 Å². The summed E-state index contributed by atoms with van der Waals surface area (Å²) in [5, 5.41) is 3.16. The molecule has 2 aromatic carbocycles. The van der Waals surface area contributed by atoms with Crippen molar-refractivity contribution in [2.45, 2.75) is 6.42 Å². The van der Waals surface area contributed by atoms with Crippen LogP contribution in [0.25, 0.3) is 5.57 Å². The summed E-state index contributed by atoms with van der Waals surface area (Å²) >= 11 is 0. The number of piperazine rings is 1.